The van der Waals surface area contributed by atoms with Crippen molar-refractivity contribution in [1.29, 1.82) is 0 Å². The van der Waals surface area contributed by atoms with Crippen molar-refractivity contribution in [1.82, 2.24) is 34.1 Å². The van der Waals surface area contributed by atoms with Crippen molar-refractivity contribution >= 4 is 20.9 Å². The van der Waals surface area contributed by atoms with Crippen LogP contribution in [0.4, 0.5) is 0 Å². The predicted molar refractivity (Wildman–Crippen MR) is 145 cm³/mol. The molecule has 38 heavy (non-hydrogen) atoms. The molecular formula is C28H29N7O2S. The Morgan fingerprint density at radius 1 is 1.00 bits per heavy atom. The Labute approximate surface area is 221 Å². The van der Waals surface area contributed by atoms with Crippen molar-refractivity contribution in [3.05, 3.63) is 95.6 Å². The molecule has 1 aliphatic heterocycles. The summed E-state index contributed by atoms with van der Waals surface area (Å²) in [5.41, 5.74) is 5.93. The minimum absolute atomic E-state index is 0.0170. The Morgan fingerprint density at radius 2 is 1.82 bits per heavy atom. The van der Waals surface area contributed by atoms with Crippen LogP contribution in [0.3, 0.4) is 0 Å². The molecule has 1 aliphatic rings. The van der Waals surface area contributed by atoms with Crippen molar-refractivity contribution in [3.8, 4) is 5.69 Å². The van der Waals surface area contributed by atoms with Crippen LogP contribution in [0.15, 0.2) is 78.2 Å². The number of nitrogens with zero attached hydrogens (tertiary/aromatic N) is 7. The standard InChI is InChI=1S/C28H29N7O2S/c1-20-13-26-23(17-31-35(26)24-9-11-29-21(2)14-24)15-25(20)28(16-22-7-5-4-6-8-22)10-12-34(19-28)38(36,37)27-18-30-33(3)32-27/h4-9,11,13-15,17-18H,10,12,16,19H2,1-3H3. The van der Waals surface area contributed by atoms with Gasteiger partial charge in [0, 0.05) is 42.8 Å². The zero-order valence-corrected chi connectivity index (χ0v) is 22.4. The number of pyridine rings is 1. The third-order valence-corrected chi connectivity index (χ3v) is 9.20. The second-order valence-corrected chi connectivity index (χ2v) is 12.0. The molecule has 5 aromatic rings. The Kier molecular flexibility index (Phi) is 5.88. The molecule has 1 atom stereocenters. The maximum Gasteiger partial charge on any atom is 0.264 e. The van der Waals surface area contributed by atoms with Gasteiger partial charge in [-0.05, 0) is 67.6 Å². The monoisotopic (exact) mass is 527 g/mol. The second-order valence-electron chi connectivity index (χ2n) is 10.1. The molecule has 10 heteroatoms. The summed E-state index contributed by atoms with van der Waals surface area (Å²) >= 11 is 0. The quantitative estimate of drug-likeness (QED) is 0.334. The summed E-state index contributed by atoms with van der Waals surface area (Å²) in [6.45, 7) is 4.85. The van der Waals surface area contributed by atoms with Gasteiger partial charge >= 0.3 is 0 Å². The van der Waals surface area contributed by atoms with Crippen LogP contribution in [0.5, 0.6) is 0 Å². The first-order valence-corrected chi connectivity index (χ1v) is 14.0. The van der Waals surface area contributed by atoms with E-state index in [4.69, 9.17) is 0 Å². The molecule has 0 spiro atoms. The van der Waals surface area contributed by atoms with E-state index in [-0.39, 0.29) is 5.03 Å². The Balaban J connectivity index is 1.44. The van der Waals surface area contributed by atoms with E-state index >= 15 is 0 Å². The number of aryl methyl sites for hydroxylation is 3. The van der Waals surface area contributed by atoms with E-state index in [1.807, 2.05) is 48.1 Å². The Bertz CT molecular complexity index is 1740. The summed E-state index contributed by atoms with van der Waals surface area (Å²) < 4.78 is 30.5. The normalized spacial score (nSPS) is 18.4. The number of rotatable bonds is 6. The van der Waals surface area contributed by atoms with Gasteiger partial charge in [-0.1, -0.05) is 30.3 Å². The fourth-order valence-corrected chi connectivity index (χ4v) is 7.10. The maximum atomic E-state index is 13.5. The molecule has 1 fully saturated rings. The predicted octanol–water partition coefficient (Wildman–Crippen LogP) is 3.74. The maximum absolute atomic E-state index is 13.5. The molecule has 1 saturated heterocycles. The molecule has 0 aliphatic carbocycles. The lowest BCUT2D eigenvalue weighted by Gasteiger charge is -2.32. The lowest BCUT2D eigenvalue weighted by molar-refractivity contribution is 0.412. The van der Waals surface area contributed by atoms with Gasteiger partial charge in [0.15, 0.2) is 0 Å². The Morgan fingerprint density at radius 3 is 2.55 bits per heavy atom. The fourth-order valence-electron chi connectivity index (χ4n) is 5.68. The summed E-state index contributed by atoms with van der Waals surface area (Å²) in [6.07, 6.45) is 6.42. The molecule has 6 rings (SSSR count). The summed E-state index contributed by atoms with van der Waals surface area (Å²) in [5, 5.41) is 13.8. The van der Waals surface area contributed by atoms with E-state index < -0.39 is 15.4 Å². The van der Waals surface area contributed by atoms with Crippen LogP contribution >= 0.6 is 0 Å². The zero-order chi connectivity index (χ0) is 26.5. The first kappa shape index (κ1) is 24.4. The summed E-state index contributed by atoms with van der Waals surface area (Å²) in [5.74, 6) is 0. The van der Waals surface area contributed by atoms with E-state index in [0.29, 0.717) is 19.5 Å². The van der Waals surface area contributed by atoms with Crippen molar-refractivity contribution in [2.75, 3.05) is 13.1 Å². The lowest BCUT2D eigenvalue weighted by atomic mass is 9.73. The van der Waals surface area contributed by atoms with E-state index in [2.05, 4.69) is 51.5 Å². The topological polar surface area (TPSA) is 98.8 Å². The van der Waals surface area contributed by atoms with Crippen LogP contribution in [0.1, 0.15) is 28.8 Å². The summed E-state index contributed by atoms with van der Waals surface area (Å²) in [7, 11) is -2.14. The number of hydrogen-bond donors (Lipinski definition) is 0. The molecule has 2 aromatic carbocycles. The van der Waals surface area contributed by atoms with Crippen molar-refractivity contribution < 1.29 is 8.42 Å². The number of fused-ring (bicyclic) bond motifs is 1. The highest BCUT2D eigenvalue weighted by atomic mass is 32.2. The van der Waals surface area contributed by atoms with Gasteiger partial charge in [0.1, 0.15) is 0 Å². The van der Waals surface area contributed by atoms with Gasteiger partial charge < -0.3 is 0 Å². The number of benzene rings is 2. The smallest absolute Gasteiger partial charge is 0.261 e. The highest BCUT2D eigenvalue weighted by Crippen LogP contribution is 2.42. The van der Waals surface area contributed by atoms with Gasteiger partial charge in [0.05, 0.1) is 23.6 Å². The number of hydrogen-bond acceptors (Lipinski definition) is 6. The fraction of sp³-hybridized carbons (Fsp3) is 0.286. The van der Waals surface area contributed by atoms with Crippen LogP contribution in [0.2, 0.25) is 0 Å². The summed E-state index contributed by atoms with van der Waals surface area (Å²) in [6, 6.07) is 18.6. The third-order valence-electron chi connectivity index (χ3n) is 7.50. The molecule has 4 heterocycles. The minimum atomic E-state index is -3.76. The second kappa shape index (κ2) is 9.14. The van der Waals surface area contributed by atoms with Gasteiger partial charge in [-0.25, -0.2) is 13.1 Å². The van der Waals surface area contributed by atoms with Crippen molar-refractivity contribution in [3.63, 3.8) is 0 Å². The highest BCUT2D eigenvalue weighted by Gasteiger charge is 2.45. The van der Waals surface area contributed by atoms with Gasteiger partial charge in [-0.15, -0.1) is 5.10 Å². The number of aromatic nitrogens is 6. The van der Waals surface area contributed by atoms with E-state index in [1.54, 1.807) is 17.5 Å². The molecule has 9 nitrogen and oxygen atoms in total. The highest BCUT2D eigenvalue weighted by molar-refractivity contribution is 7.89. The molecule has 0 saturated carbocycles. The lowest BCUT2D eigenvalue weighted by Crippen LogP contribution is -2.36. The van der Waals surface area contributed by atoms with Crippen molar-refractivity contribution in [2.24, 2.45) is 7.05 Å². The van der Waals surface area contributed by atoms with Crippen LogP contribution in [-0.2, 0) is 28.9 Å². The van der Waals surface area contributed by atoms with Crippen LogP contribution in [0.25, 0.3) is 16.6 Å². The van der Waals surface area contributed by atoms with Crippen molar-refractivity contribution in [2.45, 2.75) is 37.1 Å². The van der Waals surface area contributed by atoms with Gasteiger partial charge in [-0.2, -0.15) is 19.3 Å². The molecule has 0 radical (unpaired) electrons. The van der Waals surface area contributed by atoms with Crippen LogP contribution in [0, 0.1) is 13.8 Å². The molecule has 0 bridgehead atoms. The first-order valence-electron chi connectivity index (χ1n) is 12.6. The Hall–Kier alpha value is -3.89. The number of sulfonamides is 1. The van der Waals surface area contributed by atoms with Crippen LogP contribution < -0.4 is 0 Å². The molecule has 0 N–H and O–H groups in total. The SMILES string of the molecule is Cc1cc(-n2ncc3cc(C4(Cc5ccccc5)CCN(S(=O)(=O)c5cnn(C)n5)C4)c(C)cc32)ccn1. The van der Waals surface area contributed by atoms with Gasteiger partial charge in [-0.3, -0.25) is 4.98 Å². The largest absolute Gasteiger partial charge is 0.264 e. The van der Waals surface area contributed by atoms with Gasteiger partial charge in [0.25, 0.3) is 10.0 Å². The van der Waals surface area contributed by atoms with E-state index in [0.717, 1.165) is 39.8 Å². The molecule has 194 valence electrons. The molecular weight excluding hydrogens is 498 g/mol. The molecule has 3 aromatic heterocycles. The average molecular weight is 528 g/mol. The van der Waals surface area contributed by atoms with Gasteiger partial charge in [0.2, 0.25) is 5.03 Å². The summed E-state index contributed by atoms with van der Waals surface area (Å²) in [4.78, 5) is 5.59. The third kappa shape index (κ3) is 4.19. The molecule has 0 amide bonds. The van der Waals surface area contributed by atoms with E-state index in [1.165, 1.54) is 16.6 Å². The molecule has 1 unspecified atom stereocenters. The van der Waals surface area contributed by atoms with E-state index in [9.17, 15) is 8.42 Å². The minimum Gasteiger partial charge on any atom is -0.261 e. The van der Waals surface area contributed by atoms with Crippen LogP contribution in [-0.4, -0.2) is 55.6 Å². The zero-order valence-electron chi connectivity index (χ0n) is 21.6. The first-order chi connectivity index (χ1) is 18.2. The average Bonchev–Trinajstić information content (AvgIpc) is 3.63.